The molecule has 3 atom stereocenters. The normalized spacial score (nSPS) is 22.3. The Morgan fingerprint density at radius 1 is 1.04 bits per heavy atom. The summed E-state index contributed by atoms with van der Waals surface area (Å²) >= 11 is 0. The molecule has 250 valence electrons. The fraction of sp³-hybridized carbons (Fsp3) is 0.441. The number of rotatable bonds is 9. The van der Waals surface area contributed by atoms with Crippen LogP contribution in [-0.4, -0.2) is 78.9 Å². The van der Waals surface area contributed by atoms with Gasteiger partial charge >= 0.3 is 0 Å². The monoisotopic (exact) mass is 649 g/mol. The highest BCUT2D eigenvalue weighted by Crippen LogP contribution is 2.41. The number of morpholine rings is 1. The number of hydrogen-bond acceptors (Lipinski definition) is 10. The molecule has 4 heterocycles. The number of aromatic nitrogens is 2. The Morgan fingerprint density at radius 3 is 2.45 bits per heavy atom. The number of carbonyl (C=O) groups is 1. The zero-order valence-electron chi connectivity index (χ0n) is 26.9. The molecule has 0 radical (unpaired) electrons. The number of nitrogens with one attached hydrogen (secondary N) is 2. The summed E-state index contributed by atoms with van der Waals surface area (Å²) in [6.07, 6.45) is 5.35. The van der Waals surface area contributed by atoms with Crippen LogP contribution in [0.5, 0.6) is 5.75 Å². The summed E-state index contributed by atoms with van der Waals surface area (Å²) in [6.45, 7) is 11.6. The lowest BCUT2D eigenvalue weighted by Crippen LogP contribution is -2.53. The minimum atomic E-state index is -0.701. The maximum atomic E-state index is 14.7. The summed E-state index contributed by atoms with van der Waals surface area (Å²) in [5.41, 5.74) is 1.91. The molecule has 0 spiro atoms. The van der Waals surface area contributed by atoms with E-state index in [0.29, 0.717) is 41.2 Å². The van der Waals surface area contributed by atoms with Gasteiger partial charge in [0, 0.05) is 56.3 Å². The molecule has 0 bridgehead atoms. The number of carbonyl (C=O) groups excluding carboxylic acids is 1. The van der Waals surface area contributed by atoms with Crippen molar-refractivity contribution in [3.05, 3.63) is 72.6 Å². The van der Waals surface area contributed by atoms with E-state index in [-0.39, 0.29) is 30.3 Å². The predicted molar refractivity (Wildman–Crippen MR) is 176 cm³/mol. The number of benzene rings is 2. The van der Waals surface area contributed by atoms with E-state index in [4.69, 9.17) is 14.3 Å². The van der Waals surface area contributed by atoms with Crippen molar-refractivity contribution in [2.45, 2.75) is 57.4 Å². The van der Waals surface area contributed by atoms with Crippen LogP contribution in [0.2, 0.25) is 0 Å². The summed E-state index contributed by atoms with van der Waals surface area (Å²) in [4.78, 5) is 31.8. The zero-order chi connectivity index (χ0) is 33.1. The highest BCUT2D eigenvalue weighted by atomic mass is 19.1. The van der Waals surface area contributed by atoms with Crippen LogP contribution in [-0.2, 0) is 14.4 Å². The van der Waals surface area contributed by atoms with E-state index in [1.807, 2.05) is 6.07 Å². The lowest BCUT2D eigenvalue weighted by atomic mass is 10.00. The highest BCUT2D eigenvalue weighted by Gasteiger charge is 2.34. The summed E-state index contributed by atoms with van der Waals surface area (Å²) in [5.74, 6) is -0.373. The molecule has 3 aromatic rings. The predicted octanol–water partition coefficient (Wildman–Crippen LogP) is 5.59. The summed E-state index contributed by atoms with van der Waals surface area (Å²) in [6, 6.07) is 8.90. The fourth-order valence-electron chi connectivity index (χ4n) is 6.83. The minimum Gasteiger partial charge on any atom is -0.494 e. The van der Waals surface area contributed by atoms with Gasteiger partial charge in [-0.1, -0.05) is 12.6 Å². The summed E-state index contributed by atoms with van der Waals surface area (Å²) in [5, 5.41) is 7.63. The Morgan fingerprint density at radius 2 is 1.77 bits per heavy atom. The van der Waals surface area contributed by atoms with Crippen LogP contribution in [0, 0.1) is 11.6 Å². The molecule has 47 heavy (non-hydrogen) atoms. The molecule has 1 amide bonds. The maximum Gasteiger partial charge on any atom is 0.247 e. The first kappa shape index (κ1) is 32.6. The number of nitrogens with zero attached hydrogens (tertiary/aromatic N) is 5. The molecule has 3 aliphatic rings. The van der Waals surface area contributed by atoms with Crippen molar-refractivity contribution in [1.82, 2.24) is 14.9 Å². The molecular weight excluding hydrogens is 608 g/mol. The molecule has 2 aromatic carbocycles. The molecule has 11 nitrogen and oxygen atoms in total. The van der Waals surface area contributed by atoms with Crippen molar-refractivity contribution in [3.63, 3.8) is 0 Å². The molecule has 3 aliphatic heterocycles. The minimum absolute atomic E-state index is 0.0731. The largest absolute Gasteiger partial charge is 0.494 e. The van der Waals surface area contributed by atoms with Crippen LogP contribution in [0.25, 0.3) is 0 Å². The molecule has 0 saturated carbocycles. The SMILES string of the molecule is C=CC(=O)Nc1cc(Nc2cc(N3OCC[C@H]3c3c(F)cccc3F)ncn2)c(OC)cc1N1CCC(N2C[C@@H](C)O[C@@H](C)C2)CC1. The molecule has 13 heteroatoms. The first-order valence-corrected chi connectivity index (χ1v) is 16.0. The summed E-state index contributed by atoms with van der Waals surface area (Å²) < 4.78 is 41.1. The Balaban J connectivity index is 1.24. The van der Waals surface area contributed by atoms with Crippen LogP contribution < -0.4 is 25.3 Å². The van der Waals surface area contributed by atoms with E-state index in [2.05, 4.69) is 50.8 Å². The maximum absolute atomic E-state index is 14.7. The second-order valence-electron chi connectivity index (χ2n) is 12.2. The van der Waals surface area contributed by atoms with Crippen molar-refractivity contribution < 1.29 is 27.9 Å². The lowest BCUT2D eigenvalue weighted by molar-refractivity contribution is -0.111. The molecule has 3 saturated heterocycles. The van der Waals surface area contributed by atoms with Gasteiger partial charge in [0.2, 0.25) is 5.91 Å². The van der Waals surface area contributed by atoms with Gasteiger partial charge in [0.15, 0.2) is 5.82 Å². The number of ether oxygens (including phenoxy) is 2. The van der Waals surface area contributed by atoms with Crippen molar-refractivity contribution in [2.24, 2.45) is 0 Å². The van der Waals surface area contributed by atoms with Gasteiger partial charge in [0.05, 0.1) is 49.0 Å². The third-order valence-electron chi connectivity index (χ3n) is 8.91. The van der Waals surface area contributed by atoms with E-state index >= 15 is 0 Å². The molecular formula is C34H41F2N7O4. The second kappa shape index (κ2) is 14.2. The average Bonchev–Trinajstić information content (AvgIpc) is 3.54. The van der Waals surface area contributed by atoms with E-state index in [9.17, 15) is 13.6 Å². The van der Waals surface area contributed by atoms with Gasteiger partial charge in [-0.15, -0.1) is 0 Å². The zero-order valence-corrected chi connectivity index (χ0v) is 26.9. The van der Waals surface area contributed by atoms with Crippen molar-refractivity contribution in [3.8, 4) is 5.75 Å². The van der Waals surface area contributed by atoms with Crippen molar-refractivity contribution in [2.75, 3.05) is 60.5 Å². The van der Waals surface area contributed by atoms with E-state index in [0.717, 1.165) is 44.7 Å². The van der Waals surface area contributed by atoms with Gasteiger partial charge in [0.1, 0.15) is 29.5 Å². The average molecular weight is 650 g/mol. The molecule has 3 fully saturated rings. The number of halogens is 2. The smallest absolute Gasteiger partial charge is 0.247 e. The highest BCUT2D eigenvalue weighted by molar-refractivity contribution is 6.02. The number of hydroxylamine groups is 1. The van der Waals surface area contributed by atoms with E-state index in [1.54, 1.807) is 19.2 Å². The number of methoxy groups -OCH3 is 1. The molecule has 1 aromatic heterocycles. The van der Waals surface area contributed by atoms with Gasteiger partial charge in [-0.25, -0.2) is 23.8 Å². The molecule has 0 unspecified atom stereocenters. The molecule has 0 aliphatic carbocycles. The van der Waals surface area contributed by atoms with Gasteiger partial charge in [-0.2, -0.15) is 0 Å². The number of anilines is 5. The third-order valence-corrected chi connectivity index (χ3v) is 8.91. The van der Waals surface area contributed by atoms with Gasteiger partial charge < -0.3 is 25.0 Å². The Hall–Kier alpha value is -4.33. The Labute approximate surface area is 273 Å². The second-order valence-corrected chi connectivity index (χ2v) is 12.2. The van der Waals surface area contributed by atoms with E-state index in [1.165, 1.54) is 35.7 Å². The number of hydrogen-bond donors (Lipinski definition) is 2. The van der Waals surface area contributed by atoms with Crippen LogP contribution in [0.15, 0.2) is 55.4 Å². The third kappa shape index (κ3) is 7.16. The van der Waals surface area contributed by atoms with Crippen molar-refractivity contribution in [1.29, 1.82) is 0 Å². The van der Waals surface area contributed by atoms with Crippen molar-refractivity contribution >= 4 is 34.6 Å². The Kier molecular flexibility index (Phi) is 9.85. The lowest BCUT2D eigenvalue weighted by Gasteiger charge is -2.44. The first-order chi connectivity index (χ1) is 22.7. The topological polar surface area (TPSA) is 104 Å². The molecule has 6 rings (SSSR count). The van der Waals surface area contributed by atoms with Gasteiger partial charge in [-0.3, -0.25) is 14.5 Å². The standard InChI is InChI=1S/C34H41F2N7O4/c1-5-33(44)40-26-15-27(30(45-4)16-29(26)41-12-9-23(10-13-41)42-18-21(2)47-22(3)19-42)39-31-17-32(38-20-37-31)43-28(11-14-46-43)34-24(35)7-6-8-25(34)36/h5-8,15-17,20-23,28H,1,9-14,18-19H2,2-4H3,(H,40,44)(H,37,38,39)/t21-,22+,28-/m0/s1. The quantitative estimate of drug-likeness (QED) is 0.285. The molecule has 2 N–H and O–H groups in total. The van der Waals surface area contributed by atoms with Crippen LogP contribution in [0.4, 0.5) is 37.5 Å². The first-order valence-electron chi connectivity index (χ1n) is 16.0. The fourth-order valence-corrected chi connectivity index (χ4v) is 6.83. The van der Waals surface area contributed by atoms with Crippen LogP contribution >= 0.6 is 0 Å². The van der Waals surface area contributed by atoms with Crippen LogP contribution in [0.3, 0.4) is 0 Å². The summed E-state index contributed by atoms with van der Waals surface area (Å²) in [7, 11) is 1.58. The van der Waals surface area contributed by atoms with Crippen LogP contribution in [0.1, 0.15) is 44.7 Å². The van der Waals surface area contributed by atoms with Gasteiger partial charge in [0.25, 0.3) is 0 Å². The van der Waals surface area contributed by atoms with E-state index < -0.39 is 17.7 Å². The number of amides is 1. The van der Waals surface area contributed by atoms with Gasteiger partial charge in [-0.05, 0) is 51.0 Å². The Bertz CT molecular complexity index is 1570. The number of piperidine rings is 1.